The summed E-state index contributed by atoms with van der Waals surface area (Å²) in [5.41, 5.74) is 1.35. The standard InChI is InChI=1S/C13H18FNO.ClH/c1-13(2,14)9-16-12-4-3-11-8-15-6-5-10(11)7-12;/h3-4,7,15H,5-6,8-9H2,1-2H3;1H. The molecule has 0 aliphatic carbocycles. The molecule has 1 aromatic rings. The number of hydrogen-bond acceptors (Lipinski definition) is 2. The summed E-state index contributed by atoms with van der Waals surface area (Å²) in [7, 11) is 0. The number of benzene rings is 1. The number of alkyl halides is 1. The van der Waals surface area contributed by atoms with Crippen LogP contribution in [-0.4, -0.2) is 18.8 Å². The summed E-state index contributed by atoms with van der Waals surface area (Å²) < 4.78 is 18.7. The second kappa shape index (κ2) is 5.69. The fourth-order valence-corrected chi connectivity index (χ4v) is 1.80. The molecule has 2 rings (SSSR count). The third-order valence-corrected chi connectivity index (χ3v) is 2.65. The van der Waals surface area contributed by atoms with Crippen molar-refractivity contribution < 1.29 is 9.13 Å². The van der Waals surface area contributed by atoms with Crippen LogP contribution in [0.15, 0.2) is 18.2 Å². The Morgan fingerprint density at radius 1 is 1.35 bits per heavy atom. The van der Waals surface area contributed by atoms with E-state index >= 15 is 0 Å². The molecule has 0 aromatic heterocycles. The average molecular weight is 260 g/mol. The molecule has 1 aromatic carbocycles. The van der Waals surface area contributed by atoms with Gasteiger partial charge in [-0.3, -0.25) is 0 Å². The van der Waals surface area contributed by atoms with Crippen LogP contribution in [0.4, 0.5) is 4.39 Å². The van der Waals surface area contributed by atoms with Gasteiger partial charge < -0.3 is 10.1 Å². The van der Waals surface area contributed by atoms with Gasteiger partial charge in [-0.15, -0.1) is 12.4 Å². The third kappa shape index (κ3) is 4.17. The SMILES string of the molecule is CC(C)(F)COc1ccc2c(c1)CCNC2.Cl. The lowest BCUT2D eigenvalue weighted by molar-refractivity contribution is 0.120. The van der Waals surface area contributed by atoms with E-state index in [1.165, 1.54) is 25.0 Å². The van der Waals surface area contributed by atoms with Gasteiger partial charge in [-0.05, 0) is 50.1 Å². The van der Waals surface area contributed by atoms with E-state index < -0.39 is 5.67 Å². The van der Waals surface area contributed by atoms with E-state index in [2.05, 4.69) is 11.4 Å². The fourth-order valence-electron chi connectivity index (χ4n) is 1.80. The molecule has 17 heavy (non-hydrogen) atoms. The summed E-state index contributed by atoms with van der Waals surface area (Å²) in [5.74, 6) is 0.770. The molecular formula is C13H19ClFNO. The van der Waals surface area contributed by atoms with Crippen molar-refractivity contribution >= 4 is 12.4 Å². The molecule has 0 spiro atoms. The Kier molecular flexibility index (Phi) is 4.78. The minimum absolute atomic E-state index is 0. The highest BCUT2D eigenvalue weighted by Gasteiger charge is 2.17. The Bertz CT molecular complexity index is 376. The maximum absolute atomic E-state index is 13.3. The van der Waals surface area contributed by atoms with Gasteiger partial charge in [-0.1, -0.05) is 6.07 Å². The maximum atomic E-state index is 13.3. The van der Waals surface area contributed by atoms with Crippen molar-refractivity contribution in [1.82, 2.24) is 5.32 Å². The normalized spacial score (nSPS) is 14.8. The smallest absolute Gasteiger partial charge is 0.139 e. The van der Waals surface area contributed by atoms with Gasteiger partial charge in [0.05, 0.1) is 0 Å². The Morgan fingerprint density at radius 2 is 2.12 bits per heavy atom. The average Bonchev–Trinajstić information content (AvgIpc) is 2.25. The maximum Gasteiger partial charge on any atom is 0.139 e. The zero-order chi connectivity index (χ0) is 11.6. The van der Waals surface area contributed by atoms with Crippen molar-refractivity contribution in [3.8, 4) is 5.75 Å². The highest BCUT2D eigenvalue weighted by molar-refractivity contribution is 5.85. The summed E-state index contributed by atoms with van der Waals surface area (Å²) in [6, 6.07) is 6.00. The van der Waals surface area contributed by atoms with E-state index in [1.54, 1.807) is 0 Å². The van der Waals surface area contributed by atoms with Gasteiger partial charge in [0.1, 0.15) is 18.0 Å². The first-order valence-electron chi connectivity index (χ1n) is 5.69. The van der Waals surface area contributed by atoms with Gasteiger partial charge in [-0.2, -0.15) is 0 Å². The Hall–Kier alpha value is -0.800. The molecule has 0 atom stereocenters. The molecule has 1 heterocycles. The van der Waals surface area contributed by atoms with E-state index in [4.69, 9.17) is 4.74 Å². The van der Waals surface area contributed by atoms with E-state index in [-0.39, 0.29) is 19.0 Å². The summed E-state index contributed by atoms with van der Waals surface area (Å²) in [6.45, 7) is 5.07. The molecule has 0 saturated carbocycles. The van der Waals surface area contributed by atoms with Crippen molar-refractivity contribution in [2.45, 2.75) is 32.5 Å². The van der Waals surface area contributed by atoms with Crippen LogP contribution < -0.4 is 10.1 Å². The summed E-state index contributed by atoms with van der Waals surface area (Å²) >= 11 is 0. The predicted molar refractivity (Wildman–Crippen MR) is 69.8 cm³/mol. The summed E-state index contributed by atoms with van der Waals surface area (Å²) in [6.07, 6.45) is 1.02. The molecule has 1 aliphatic heterocycles. The number of rotatable bonds is 3. The molecule has 1 N–H and O–H groups in total. The van der Waals surface area contributed by atoms with Gasteiger partial charge in [0.15, 0.2) is 0 Å². The summed E-state index contributed by atoms with van der Waals surface area (Å²) in [5, 5.41) is 3.32. The van der Waals surface area contributed by atoms with Crippen LogP contribution in [0.2, 0.25) is 0 Å². The molecular weight excluding hydrogens is 241 g/mol. The monoisotopic (exact) mass is 259 g/mol. The van der Waals surface area contributed by atoms with Crippen LogP contribution in [0.5, 0.6) is 5.75 Å². The predicted octanol–water partition coefficient (Wildman–Crippen LogP) is 2.88. The molecule has 0 radical (unpaired) electrons. The molecule has 1 aliphatic rings. The lowest BCUT2D eigenvalue weighted by Crippen LogP contribution is -2.24. The van der Waals surface area contributed by atoms with Gasteiger partial charge in [0, 0.05) is 6.54 Å². The van der Waals surface area contributed by atoms with Crippen LogP contribution in [0, 0.1) is 0 Å². The van der Waals surface area contributed by atoms with Gasteiger partial charge in [0.25, 0.3) is 0 Å². The number of ether oxygens (including phenoxy) is 1. The zero-order valence-corrected chi connectivity index (χ0v) is 11.1. The third-order valence-electron chi connectivity index (χ3n) is 2.65. The topological polar surface area (TPSA) is 21.3 Å². The first-order chi connectivity index (χ1) is 7.54. The van der Waals surface area contributed by atoms with Gasteiger partial charge >= 0.3 is 0 Å². The highest BCUT2D eigenvalue weighted by atomic mass is 35.5. The van der Waals surface area contributed by atoms with Crippen LogP contribution in [0.3, 0.4) is 0 Å². The van der Waals surface area contributed by atoms with Crippen molar-refractivity contribution in [3.05, 3.63) is 29.3 Å². The molecule has 0 fully saturated rings. The summed E-state index contributed by atoms with van der Waals surface area (Å²) in [4.78, 5) is 0. The largest absolute Gasteiger partial charge is 0.490 e. The van der Waals surface area contributed by atoms with Crippen molar-refractivity contribution in [2.24, 2.45) is 0 Å². The molecule has 2 nitrogen and oxygen atoms in total. The Labute approximate surface area is 108 Å². The quantitative estimate of drug-likeness (QED) is 0.901. The molecule has 96 valence electrons. The van der Waals surface area contributed by atoms with Crippen molar-refractivity contribution in [2.75, 3.05) is 13.2 Å². The molecule has 0 amide bonds. The Balaban J connectivity index is 0.00000144. The van der Waals surface area contributed by atoms with Crippen LogP contribution >= 0.6 is 12.4 Å². The lowest BCUT2D eigenvalue weighted by atomic mass is 10.0. The van der Waals surface area contributed by atoms with Gasteiger partial charge in [-0.25, -0.2) is 4.39 Å². The second-order valence-corrected chi connectivity index (χ2v) is 4.86. The van der Waals surface area contributed by atoms with E-state index in [0.29, 0.717) is 0 Å². The number of halogens is 2. The molecule has 0 bridgehead atoms. The van der Waals surface area contributed by atoms with Crippen molar-refractivity contribution in [1.29, 1.82) is 0 Å². The highest BCUT2D eigenvalue weighted by Crippen LogP contribution is 2.22. The van der Waals surface area contributed by atoms with E-state index in [9.17, 15) is 4.39 Å². The second-order valence-electron chi connectivity index (χ2n) is 4.86. The van der Waals surface area contributed by atoms with Crippen molar-refractivity contribution in [3.63, 3.8) is 0 Å². The zero-order valence-electron chi connectivity index (χ0n) is 10.3. The van der Waals surface area contributed by atoms with Crippen LogP contribution in [0.25, 0.3) is 0 Å². The minimum atomic E-state index is -1.28. The van der Waals surface area contributed by atoms with Crippen LogP contribution in [0.1, 0.15) is 25.0 Å². The minimum Gasteiger partial charge on any atom is -0.490 e. The Morgan fingerprint density at radius 3 is 2.82 bits per heavy atom. The number of nitrogens with one attached hydrogen (secondary N) is 1. The molecule has 4 heteroatoms. The number of hydrogen-bond donors (Lipinski definition) is 1. The van der Waals surface area contributed by atoms with Crippen LogP contribution in [-0.2, 0) is 13.0 Å². The first kappa shape index (κ1) is 14.3. The van der Waals surface area contributed by atoms with E-state index in [0.717, 1.165) is 25.3 Å². The molecule has 0 saturated heterocycles. The van der Waals surface area contributed by atoms with Gasteiger partial charge in [0.2, 0.25) is 0 Å². The lowest BCUT2D eigenvalue weighted by Gasteiger charge is -2.19. The first-order valence-corrected chi connectivity index (χ1v) is 5.69. The fraction of sp³-hybridized carbons (Fsp3) is 0.538. The number of fused-ring (bicyclic) bond motifs is 1. The van der Waals surface area contributed by atoms with E-state index in [1.807, 2.05) is 12.1 Å². The molecule has 0 unspecified atom stereocenters.